The van der Waals surface area contributed by atoms with Crippen LogP contribution in [0.2, 0.25) is 0 Å². The number of ketones is 1. The van der Waals surface area contributed by atoms with Crippen LogP contribution in [0, 0.1) is 0 Å². The van der Waals surface area contributed by atoms with Gasteiger partial charge in [-0.05, 0) is 31.0 Å². The van der Waals surface area contributed by atoms with Crippen LogP contribution in [0.25, 0.3) is 11.1 Å². The summed E-state index contributed by atoms with van der Waals surface area (Å²) in [4.78, 5) is 43.8. The van der Waals surface area contributed by atoms with Crippen LogP contribution < -0.4 is 15.4 Å². The number of fused-ring (bicyclic) bond motifs is 1. The summed E-state index contributed by atoms with van der Waals surface area (Å²) in [7, 11) is -4.32. The summed E-state index contributed by atoms with van der Waals surface area (Å²) < 4.78 is 67.8. The maximum atomic E-state index is 13.4. The van der Waals surface area contributed by atoms with Crippen LogP contribution in [0.5, 0.6) is 5.75 Å². The van der Waals surface area contributed by atoms with Gasteiger partial charge in [0.05, 0.1) is 19.0 Å². The molecule has 238 valence electrons. The van der Waals surface area contributed by atoms with Gasteiger partial charge in [0.25, 0.3) is 5.89 Å². The molecule has 2 N–H and O–H groups in total. The van der Waals surface area contributed by atoms with Crippen LogP contribution in [-0.4, -0.2) is 87.3 Å². The number of oxazole rings is 1. The minimum Gasteiger partial charge on any atom is -0.435 e. The number of unbranched alkanes of at least 4 members (excludes halogenated alkanes) is 2. The number of aromatic nitrogens is 1. The van der Waals surface area contributed by atoms with Gasteiger partial charge in [0, 0.05) is 38.2 Å². The normalized spacial score (nSPS) is 14.4. The number of carbonyl (C=O) groups excluding carboxylic acids is 3. The number of benzene rings is 2. The Hall–Kier alpha value is -4.11. The number of rotatable bonds is 15. The molecule has 4 rings (SSSR count). The van der Waals surface area contributed by atoms with Crippen molar-refractivity contribution in [1.82, 2.24) is 20.5 Å². The topological polar surface area (TPSA) is 157 Å². The molecule has 0 radical (unpaired) electrons. The highest BCUT2D eigenvalue weighted by Gasteiger charge is 2.34. The average molecular weight is 637 g/mol. The van der Waals surface area contributed by atoms with Crippen LogP contribution in [0.15, 0.2) is 52.9 Å². The third-order valence-electron chi connectivity index (χ3n) is 6.92. The first kappa shape index (κ1) is 32.8. The maximum absolute atomic E-state index is 13.4. The van der Waals surface area contributed by atoms with E-state index in [0.717, 1.165) is 0 Å². The zero-order chi connectivity index (χ0) is 31.5. The molecule has 0 spiro atoms. The lowest BCUT2D eigenvalue weighted by Crippen LogP contribution is -2.52. The number of sulfone groups is 1. The lowest BCUT2D eigenvalue weighted by Gasteiger charge is -2.27. The molecule has 2 aromatic carbocycles. The van der Waals surface area contributed by atoms with E-state index in [1.165, 1.54) is 29.2 Å². The predicted octanol–water partition coefficient (Wildman–Crippen LogP) is 3.31. The van der Waals surface area contributed by atoms with E-state index < -0.39 is 45.9 Å². The smallest absolute Gasteiger partial charge is 0.387 e. The number of para-hydroxylation sites is 3. The second-order valence-corrected chi connectivity index (χ2v) is 12.3. The van der Waals surface area contributed by atoms with Crippen LogP contribution in [-0.2, 0) is 25.1 Å². The van der Waals surface area contributed by atoms with Gasteiger partial charge in [-0.2, -0.15) is 8.78 Å². The largest absolute Gasteiger partial charge is 0.435 e. The number of hydrogen-bond donors (Lipinski definition) is 2. The summed E-state index contributed by atoms with van der Waals surface area (Å²) in [5.74, 6) is -2.15. The molecule has 15 heteroatoms. The van der Waals surface area contributed by atoms with E-state index in [2.05, 4.69) is 20.4 Å². The number of carbonyl (C=O) groups is 3. The number of nitrogens with zero attached hydrogens (tertiary/aromatic N) is 2. The second kappa shape index (κ2) is 15.6. The zero-order valence-electron chi connectivity index (χ0n) is 23.9. The van der Waals surface area contributed by atoms with Crippen LogP contribution >= 0.6 is 0 Å². The first-order valence-corrected chi connectivity index (χ1v) is 15.9. The van der Waals surface area contributed by atoms with Crippen LogP contribution in [0.4, 0.5) is 13.6 Å². The van der Waals surface area contributed by atoms with E-state index in [1.807, 2.05) is 0 Å². The van der Waals surface area contributed by atoms with Crippen LogP contribution in [0.1, 0.15) is 41.9 Å². The van der Waals surface area contributed by atoms with Crippen molar-refractivity contribution >= 4 is 38.7 Å². The molecule has 1 unspecified atom stereocenters. The van der Waals surface area contributed by atoms with Crippen molar-refractivity contribution in [3.63, 3.8) is 0 Å². The molecule has 1 aliphatic rings. The molecule has 1 atom stereocenters. The molecule has 0 bridgehead atoms. The summed E-state index contributed by atoms with van der Waals surface area (Å²) in [5.41, 5.74) is 1.07. The monoisotopic (exact) mass is 636 g/mol. The number of halogens is 2. The van der Waals surface area contributed by atoms with Gasteiger partial charge in [-0.1, -0.05) is 36.8 Å². The number of hydrogen-bond acceptors (Lipinski definition) is 9. The fourth-order valence-corrected chi connectivity index (χ4v) is 6.22. The van der Waals surface area contributed by atoms with Gasteiger partial charge in [-0.25, -0.2) is 18.2 Å². The lowest BCUT2D eigenvalue weighted by molar-refractivity contribution is -0.120. The molecular formula is C29H34F2N4O8S. The molecule has 0 aliphatic carbocycles. The molecule has 44 heavy (non-hydrogen) atoms. The Balaban J connectivity index is 1.33. The van der Waals surface area contributed by atoms with Crippen LogP contribution in [0.3, 0.4) is 0 Å². The van der Waals surface area contributed by atoms with Gasteiger partial charge in [0.1, 0.15) is 11.3 Å². The minimum atomic E-state index is -4.32. The third-order valence-corrected chi connectivity index (χ3v) is 8.88. The van der Waals surface area contributed by atoms with Gasteiger partial charge < -0.3 is 29.4 Å². The van der Waals surface area contributed by atoms with E-state index in [0.29, 0.717) is 56.7 Å². The SMILES string of the molecule is O=C(CCCCCNC(=O)C(CNC(=O)N1CCOCC1)S(=O)(=O)Cc1ccccc1OC(F)F)c1nc2ccccc2o1. The molecule has 0 saturated carbocycles. The van der Waals surface area contributed by atoms with Gasteiger partial charge in [0.2, 0.25) is 11.7 Å². The minimum absolute atomic E-state index is 0.0344. The molecule has 1 aromatic heterocycles. The fraction of sp³-hybridized carbons (Fsp3) is 0.448. The number of alkyl halides is 2. The predicted molar refractivity (Wildman–Crippen MR) is 155 cm³/mol. The third kappa shape index (κ3) is 9.19. The molecule has 2 heterocycles. The molecule has 1 saturated heterocycles. The van der Waals surface area contributed by atoms with Crippen molar-refractivity contribution in [2.75, 3.05) is 39.4 Å². The van der Waals surface area contributed by atoms with Gasteiger partial charge >= 0.3 is 12.6 Å². The number of ether oxygens (including phenoxy) is 2. The molecular weight excluding hydrogens is 602 g/mol. The molecule has 3 aromatic rings. The molecule has 3 amide bonds. The van der Waals surface area contributed by atoms with E-state index in [-0.39, 0.29) is 36.0 Å². The van der Waals surface area contributed by atoms with Crippen molar-refractivity contribution in [3.05, 3.63) is 60.0 Å². The van der Waals surface area contributed by atoms with E-state index in [9.17, 15) is 31.6 Å². The highest BCUT2D eigenvalue weighted by molar-refractivity contribution is 7.92. The van der Waals surface area contributed by atoms with E-state index >= 15 is 0 Å². The number of urea groups is 1. The zero-order valence-corrected chi connectivity index (χ0v) is 24.7. The Labute approximate surface area is 253 Å². The first-order valence-electron chi connectivity index (χ1n) is 14.2. The maximum Gasteiger partial charge on any atom is 0.387 e. The van der Waals surface area contributed by atoms with E-state index in [1.54, 1.807) is 24.3 Å². The lowest BCUT2D eigenvalue weighted by atomic mass is 10.1. The Morgan fingerprint density at radius 3 is 2.45 bits per heavy atom. The van der Waals surface area contributed by atoms with Crippen molar-refractivity contribution < 1.29 is 45.5 Å². The fourth-order valence-electron chi connectivity index (χ4n) is 4.60. The van der Waals surface area contributed by atoms with Crippen molar-refractivity contribution in [1.29, 1.82) is 0 Å². The summed E-state index contributed by atoms with van der Waals surface area (Å²) in [6, 6.07) is 11.9. The number of Topliss-reactive ketones (excluding diaryl/α,β-unsaturated/α-hetero) is 1. The standard InChI is InChI=1S/C29H34F2N4O8S/c30-28(31)43-23-11-5-3-8-20(23)19-44(39,40)25(18-33-29(38)35-14-16-41-17-15-35)26(37)32-13-7-1-2-10-22(36)27-34-21-9-4-6-12-24(21)42-27/h3-6,8-9,11-12,25,28H,1-2,7,10,13-19H2,(H,32,37)(H,33,38). The molecule has 12 nitrogen and oxygen atoms in total. The Morgan fingerprint density at radius 1 is 0.977 bits per heavy atom. The highest BCUT2D eigenvalue weighted by atomic mass is 32.2. The highest BCUT2D eigenvalue weighted by Crippen LogP contribution is 2.24. The van der Waals surface area contributed by atoms with Crippen molar-refractivity contribution in [2.45, 2.75) is 43.3 Å². The van der Waals surface area contributed by atoms with Crippen molar-refractivity contribution in [3.8, 4) is 5.75 Å². The number of nitrogens with one attached hydrogen (secondary N) is 2. The van der Waals surface area contributed by atoms with Gasteiger partial charge in [0.15, 0.2) is 20.7 Å². The molecule has 1 fully saturated rings. The quantitative estimate of drug-likeness (QED) is 0.189. The van der Waals surface area contributed by atoms with Gasteiger partial charge in [-0.15, -0.1) is 0 Å². The number of morpholine rings is 1. The Bertz CT molecular complexity index is 1510. The summed E-state index contributed by atoms with van der Waals surface area (Å²) in [5, 5.41) is 3.40. The Kier molecular flexibility index (Phi) is 11.6. The second-order valence-electron chi connectivity index (χ2n) is 10.1. The molecule has 1 aliphatic heterocycles. The Morgan fingerprint density at radius 2 is 1.70 bits per heavy atom. The first-order chi connectivity index (χ1) is 21.1. The number of amides is 3. The summed E-state index contributed by atoms with van der Waals surface area (Å²) in [6.07, 6.45) is 1.68. The van der Waals surface area contributed by atoms with Gasteiger partial charge in [-0.3, -0.25) is 9.59 Å². The summed E-state index contributed by atoms with van der Waals surface area (Å²) in [6.45, 7) is -2.30. The summed E-state index contributed by atoms with van der Waals surface area (Å²) >= 11 is 0. The average Bonchev–Trinajstić information content (AvgIpc) is 3.44. The van der Waals surface area contributed by atoms with E-state index in [4.69, 9.17) is 9.15 Å². The van der Waals surface area contributed by atoms with Crippen molar-refractivity contribution in [2.24, 2.45) is 0 Å².